The van der Waals surface area contributed by atoms with E-state index in [0.717, 1.165) is 0 Å². The molecule has 0 aliphatic carbocycles. The van der Waals surface area contributed by atoms with Gasteiger partial charge in [0.1, 0.15) is 0 Å². The van der Waals surface area contributed by atoms with E-state index in [9.17, 15) is 49.5 Å². The third-order valence-corrected chi connectivity index (χ3v) is 3.36. The number of aromatic carboxylic acids is 5. The van der Waals surface area contributed by atoms with Gasteiger partial charge < -0.3 is 49.5 Å². The van der Waals surface area contributed by atoms with Crippen LogP contribution in [0.1, 0.15) is 51.8 Å². The molecule has 0 amide bonds. The number of carboxylic acid groups (broad SMARTS) is 5. The van der Waals surface area contributed by atoms with Gasteiger partial charge in [-0.05, 0) is 29.0 Å². The van der Waals surface area contributed by atoms with E-state index >= 15 is 0 Å². The van der Waals surface area contributed by atoms with E-state index in [2.05, 4.69) is 0 Å². The maximum atomic E-state index is 11.3. The van der Waals surface area contributed by atoms with Crippen LogP contribution in [0.3, 0.4) is 0 Å². The predicted octanol–water partition coefficient (Wildman–Crippen LogP) is -20.3. The van der Waals surface area contributed by atoms with Crippen molar-refractivity contribution >= 4 is 40.6 Å². The summed E-state index contributed by atoms with van der Waals surface area (Å²) in [5, 5.41) is 54.3. The number of carboxylic acids is 5. The summed E-state index contributed by atoms with van der Waals surface area (Å²) in [6, 6.07) is 1.34. The molecule has 10 nitrogen and oxygen atoms in total. The van der Waals surface area contributed by atoms with Crippen LogP contribution in [0.2, 0.25) is 0 Å². The van der Waals surface area contributed by atoms with Gasteiger partial charge in [-0.15, -0.1) is 0 Å². The Morgan fingerprint density at radius 1 is 0.433 bits per heavy atom. The van der Waals surface area contributed by atoms with Crippen molar-refractivity contribution in [2.75, 3.05) is 0 Å². The second-order valence-electron chi connectivity index (χ2n) is 4.73. The van der Waals surface area contributed by atoms with Crippen molar-refractivity contribution in [3.63, 3.8) is 0 Å². The summed E-state index contributed by atoms with van der Waals surface area (Å²) >= 11 is 0. The summed E-state index contributed by atoms with van der Waals surface area (Å²) < 4.78 is 0. The Balaban J connectivity index is -0.000000676. The van der Waals surface area contributed by atoms with E-state index in [1.54, 1.807) is 0 Å². The van der Waals surface area contributed by atoms with Crippen LogP contribution in [-0.4, -0.2) is 29.8 Å². The molecule has 0 heterocycles. The largest absolute Gasteiger partial charge is 1.00 e. The molecule has 0 spiro atoms. The fourth-order valence-corrected chi connectivity index (χ4v) is 2.36. The van der Waals surface area contributed by atoms with Gasteiger partial charge >= 0.3 is 148 Å². The van der Waals surface area contributed by atoms with E-state index in [4.69, 9.17) is 0 Å². The zero-order chi connectivity index (χ0) is 19.0. The van der Waals surface area contributed by atoms with E-state index in [0.29, 0.717) is 18.2 Å². The number of benzene rings is 2. The summed E-state index contributed by atoms with van der Waals surface area (Å²) in [6.07, 6.45) is 0. The molecule has 2 rings (SSSR count). The smallest absolute Gasteiger partial charge is 0.545 e. The standard InChI is InChI=1S/C15H8O10.5Na/c16-11(17)6-3-9(14(22)23)10(15(24)25)5-2-8(13(20)21)7(12(18)19)1-4(5)6;;;;;/h1-3H,(H,16,17)(H,18,19)(H,20,21)(H,22,23)(H,24,25);;;;;/q;5*+1/p-5. The summed E-state index contributed by atoms with van der Waals surface area (Å²) in [5.41, 5.74) is -5.15. The molecule has 0 fully saturated rings. The number of rotatable bonds is 5. The summed E-state index contributed by atoms with van der Waals surface area (Å²) in [5.74, 6) is -10.2. The van der Waals surface area contributed by atoms with Crippen LogP contribution in [-0.2, 0) is 0 Å². The number of carbonyl (C=O) groups excluding carboxylic acids is 5. The van der Waals surface area contributed by atoms with Gasteiger partial charge in [-0.2, -0.15) is 0 Å². The molecular formula is C15H3Na5O10. The van der Waals surface area contributed by atoms with Crippen LogP contribution in [0.25, 0.3) is 10.8 Å². The fourth-order valence-electron chi connectivity index (χ4n) is 2.36. The van der Waals surface area contributed by atoms with Crippen molar-refractivity contribution in [2.45, 2.75) is 0 Å². The first-order chi connectivity index (χ1) is 11.6. The van der Waals surface area contributed by atoms with Gasteiger partial charge in [-0.1, -0.05) is 0 Å². The minimum atomic E-state index is -2.08. The normalized spacial score (nSPS) is 8.67. The van der Waals surface area contributed by atoms with Crippen molar-refractivity contribution in [2.24, 2.45) is 0 Å². The third kappa shape index (κ3) is 8.12. The van der Waals surface area contributed by atoms with Crippen LogP contribution in [0, 0.1) is 0 Å². The Morgan fingerprint density at radius 3 is 1.07 bits per heavy atom. The molecule has 2 aromatic rings. The Hall–Kier alpha value is 1.05. The second-order valence-corrected chi connectivity index (χ2v) is 4.73. The van der Waals surface area contributed by atoms with Crippen LogP contribution < -0.4 is 173 Å². The Bertz CT molecular complexity index is 1010. The number of hydrogen-bond donors (Lipinski definition) is 0. The molecule has 0 unspecified atom stereocenters. The SMILES string of the molecule is O=C([O-])c1cc2c(C(=O)[O-])cc(C(=O)[O-])c(C(=O)[O-])c2cc1C(=O)[O-].[Na+].[Na+].[Na+].[Na+].[Na+]. The molecule has 0 saturated carbocycles. The molecule has 0 atom stereocenters. The quantitative estimate of drug-likeness (QED) is 0.387. The molecule has 128 valence electrons. The maximum Gasteiger partial charge on any atom is 1.00 e. The third-order valence-electron chi connectivity index (χ3n) is 3.36. The first-order valence-corrected chi connectivity index (χ1v) is 6.27. The average molecular weight is 458 g/mol. The van der Waals surface area contributed by atoms with Crippen LogP contribution in [0.15, 0.2) is 18.2 Å². The van der Waals surface area contributed by atoms with Crippen LogP contribution >= 0.6 is 0 Å². The minimum Gasteiger partial charge on any atom is -0.545 e. The molecule has 0 aliphatic heterocycles. The first kappa shape index (κ1) is 38.3. The number of carbonyl (C=O) groups is 5. The van der Waals surface area contributed by atoms with E-state index in [1.165, 1.54) is 0 Å². The molecule has 30 heavy (non-hydrogen) atoms. The van der Waals surface area contributed by atoms with E-state index in [-0.39, 0.29) is 148 Å². The molecule has 0 radical (unpaired) electrons. The average Bonchev–Trinajstić information content (AvgIpc) is 2.50. The summed E-state index contributed by atoms with van der Waals surface area (Å²) in [7, 11) is 0. The molecule has 0 N–H and O–H groups in total. The molecular weight excluding hydrogens is 455 g/mol. The molecule has 0 aliphatic rings. The molecule has 0 aromatic heterocycles. The van der Waals surface area contributed by atoms with Gasteiger partial charge in [-0.25, -0.2) is 0 Å². The predicted molar refractivity (Wildman–Crippen MR) is 65.6 cm³/mol. The summed E-state index contributed by atoms with van der Waals surface area (Å²) in [6.45, 7) is 0. The number of fused-ring (bicyclic) bond motifs is 1. The Morgan fingerprint density at radius 2 is 0.767 bits per heavy atom. The van der Waals surface area contributed by atoms with E-state index in [1.807, 2.05) is 0 Å². The van der Waals surface area contributed by atoms with E-state index < -0.39 is 68.4 Å². The maximum absolute atomic E-state index is 11.3. The van der Waals surface area contributed by atoms with Gasteiger partial charge in [0.2, 0.25) is 0 Å². The Labute approximate surface area is 279 Å². The monoisotopic (exact) mass is 458 g/mol. The van der Waals surface area contributed by atoms with Crippen molar-refractivity contribution in [3.8, 4) is 0 Å². The number of hydrogen-bond acceptors (Lipinski definition) is 10. The minimum absolute atomic E-state index is 0. The topological polar surface area (TPSA) is 201 Å². The zero-order valence-electron chi connectivity index (χ0n) is 16.8. The molecule has 2 aromatic carbocycles. The molecule has 0 bridgehead atoms. The van der Waals surface area contributed by atoms with Crippen molar-refractivity contribution in [3.05, 3.63) is 46.0 Å². The van der Waals surface area contributed by atoms with Crippen molar-refractivity contribution in [1.29, 1.82) is 0 Å². The summed E-state index contributed by atoms with van der Waals surface area (Å²) in [4.78, 5) is 55.7. The van der Waals surface area contributed by atoms with Gasteiger partial charge in [0.15, 0.2) is 0 Å². The second kappa shape index (κ2) is 15.8. The fraction of sp³-hybridized carbons (Fsp3) is 0. The molecule has 0 saturated heterocycles. The van der Waals surface area contributed by atoms with Crippen molar-refractivity contribution < 1.29 is 197 Å². The van der Waals surface area contributed by atoms with Crippen LogP contribution in [0.4, 0.5) is 0 Å². The first-order valence-electron chi connectivity index (χ1n) is 6.27. The van der Waals surface area contributed by atoms with Crippen LogP contribution in [0.5, 0.6) is 0 Å². The van der Waals surface area contributed by atoms with Gasteiger partial charge in [0, 0.05) is 27.8 Å². The van der Waals surface area contributed by atoms with Gasteiger partial charge in [0.05, 0.1) is 29.8 Å². The van der Waals surface area contributed by atoms with Crippen molar-refractivity contribution in [1.82, 2.24) is 0 Å². The Kier molecular flexibility index (Phi) is 20.2. The zero-order valence-corrected chi connectivity index (χ0v) is 26.8. The van der Waals surface area contributed by atoms with Gasteiger partial charge in [-0.3, -0.25) is 0 Å². The van der Waals surface area contributed by atoms with Gasteiger partial charge in [0.25, 0.3) is 0 Å². The molecule has 15 heteroatoms.